The zero-order valence-corrected chi connectivity index (χ0v) is 28.9. The maximum Gasteiger partial charge on any atom is 0.519 e. The number of carbonyl (C=O) groups excluding carboxylic acids is 1. The fraction of sp³-hybridized carbons (Fsp3) is 0.394. The van der Waals surface area contributed by atoms with Crippen molar-refractivity contribution < 1.29 is 43.3 Å². The normalized spacial score (nSPS) is 12.0. The van der Waals surface area contributed by atoms with E-state index in [1.165, 1.54) is 13.8 Å². The summed E-state index contributed by atoms with van der Waals surface area (Å²) in [7, 11) is 0. The molecule has 280 valence electrons. The Kier molecular flexibility index (Phi) is 11.9. The molecule has 0 aliphatic carbocycles. The van der Waals surface area contributed by atoms with Crippen LogP contribution in [-0.2, 0) is 46.0 Å². The van der Waals surface area contributed by atoms with Crippen molar-refractivity contribution in [1.29, 1.82) is 0 Å². The third kappa shape index (κ3) is 9.67. The second-order valence-corrected chi connectivity index (χ2v) is 12.3. The van der Waals surface area contributed by atoms with Gasteiger partial charge in [0.2, 0.25) is 5.82 Å². The minimum Gasteiger partial charge on any atom is -0.453 e. The van der Waals surface area contributed by atoms with Gasteiger partial charge in [0.05, 0.1) is 0 Å². The molecule has 0 saturated heterocycles. The standard InChI is InChI=1S/C33H36N8O12/c1-4-8-27-34-29(33(2,3)44)28(39(27)17-20-13-15-21(16-14-20)23-10-5-6-11-24(23)30-35-37-38-36-30)31(42)49-19-26-25(51-32(43)52-26)12-7-9-22(53-41(47)48)18-50-40(45)46/h5-6,10-11,13-16,22,44H,4,7-9,12,17-19H2,1-3H3,(H,35,36,37,38)/t22-/m1/s1. The van der Waals surface area contributed by atoms with Crippen LogP contribution in [0.25, 0.3) is 22.5 Å². The summed E-state index contributed by atoms with van der Waals surface area (Å²) in [4.78, 5) is 60.4. The van der Waals surface area contributed by atoms with Gasteiger partial charge in [-0.15, -0.1) is 30.4 Å². The molecule has 20 heteroatoms. The third-order valence-corrected chi connectivity index (χ3v) is 8.00. The predicted molar refractivity (Wildman–Crippen MR) is 180 cm³/mol. The first-order valence-corrected chi connectivity index (χ1v) is 16.5. The van der Waals surface area contributed by atoms with E-state index in [0.717, 1.165) is 22.3 Å². The predicted octanol–water partition coefficient (Wildman–Crippen LogP) is 3.97. The number of aryl methyl sites for hydroxylation is 2. The van der Waals surface area contributed by atoms with Crippen LogP contribution in [0.15, 0.2) is 62.2 Å². The lowest BCUT2D eigenvalue weighted by Gasteiger charge is -2.18. The molecule has 3 heterocycles. The van der Waals surface area contributed by atoms with Crippen LogP contribution < -0.4 is 5.82 Å². The Morgan fingerprint density at radius 1 is 1.04 bits per heavy atom. The SMILES string of the molecule is CCCc1nc(C(C)(C)O)c(C(=O)OCc2oc(=O)oc2CCC[C@H](CO[N+](=O)[O-])O[N+](=O)[O-])n1Cc1ccc(-c2ccccc2-c2nn[nH]n2)cc1. The summed E-state index contributed by atoms with van der Waals surface area (Å²) in [6.07, 6.45) is -0.0855. The van der Waals surface area contributed by atoms with Crippen LogP contribution in [0.2, 0.25) is 0 Å². The number of benzene rings is 2. The van der Waals surface area contributed by atoms with Gasteiger partial charge in [-0.25, -0.2) is 14.6 Å². The number of H-pyrrole nitrogens is 1. The number of tetrazole rings is 1. The van der Waals surface area contributed by atoms with Gasteiger partial charge in [-0.05, 0) is 55.0 Å². The average Bonchev–Trinajstić information content (AvgIpc) is 3.86. The molecule has 2 aromatic carbocycles. The van der Waals surface area contributed by atoms with E-state index in [4.69, 9.17) is 13.6 Å². The number of carbonyl (C=O) groups is 1. The first-order valence-electron chi connectivity index (χ1n) is 16.5. The molecule has 5 rings (SSSR count). The number of aromatic amines is 1. The topological polar surface area (TPSA) is 267 Å². The third-order valence-electron chi connectivity index (χ3n) is 8.00. The molecular formula is C33H36N8O12. The average molecular weight is 737 g/mol. The Hall–Kier alpha value is -6.44. The van der Waals surface area contributed by atoms with Crippen molar-refractivity contribution in [3.63, 3.8) is 0 Å². The number of aliphatic hydroxyl groups is 1. The maximum absolute atomic E-state index is 13.8. The number of hydrogen-bond donors (Lipinski definition) is 2. The van der Waals surface area contributed by atoms with E-state index in [2.05, 4.69) is 35.3 Å². The van der Waals surface area contributed by atoms with Gasteiger partial charge in [-0.3, -0.25) is 0 Å². The molecule has 0 aliphatic heterocycles. The van der Waals surface area contributed by atoms with Gasteiger partial charge in [-0.2, -0.15) is 5.21 Å². The summed E-state index contributed by atoms with van der Waals surface area (Å²) in [5, 5.41) is 44.5. The monoisotopic (exact) mass is 736 g/mol. The zero-order chi connectivity index (χ0) is 38.1. The smallest absolute Gasteiger partial charge is 0.453 e. The Labute approximate surface area is 299 Å². The summed E-state index contributed by atoms with van der Waals surface area (Å²) in [5.74, 6) is -1.04. The molecule has 20 nitrogen and oxygen atoms in total. The molecule has 0 fully saturated rings. The van der Waals surface area contributed by atoms with Crippen molar-refractivity contribution in [3.05, 3.63) is 114 Å². The van der Waals surface area contributed by atoms with Crippen molar-refractivity contribution in [2.24, 2.45) is 0 Å². The van der Waals surface area contributed by atoms with Gasteiger partial charge < -0.3 is 32.9 Å². The first-order chi connectivity index (χ1) is 25.3. The Balaban J connectivity index is 1.36. The zero-order valence-electron chi connectivity index (χ0n) is 28.9. The maximum atomic E-state index is 13.8. The molecule has 1 atom stereocenters. The molecule has 0 bridgehead atoms. The first kappa shape index (κ1) is 37.8. The highest BCUT2D eigenvalue weighted by Crippen LogP contribution is 2.31. The van der Waals surface area contributed by atoms with Gasteiger partial charge in [0.1, 0.15) is 29.8 Å². The summed E-state index contributed by atoms with van der Waals surface area (Å²) in [6, 6.07) is 15.3. The number of aromatic nitrogens is 6. The number of esters is 1. The van der Waals surface area contributed by atoms with E-state index in [1.807, 2.05) is 55.5 Å². The largest absolute Gasteiger partial charge is 0.519 e. The van der Waals surface area contributed by atoms with E-state index in [0.29, 0.717) is 24.5 Å². The van der Waals surface area contributed by atoms with Crippen molar-refractivity contribution in [2.45, 2.75) is 77.7 Å². The molecule has 0 unspecified atom stereocenters. The van der Waals surface area contributed by atoms with E-state index in [-0.39, 0.29) is 48.7 Å². The quantitative estimate of drug-likeness (QED) is 0.0689. The van der Waals surface area contributed by atoms with Gasteiger partial charge in [0, 0.05) is 24.9 Å². The van der Waals surface area contributed by atoms with Crippen LogP contribution in [-0.4, -0.2) is 64.1 Å². The minimum atomic E-state index is -1.54. The summed E-state index contributed by atoms with van der Waals surface area (Å²) in [5.41, 5.74) is 1.96. The molecule has 53 heavy (non-hydrogen) atoms. The lowest BCUT2D eigenvalue weighted by molar-refractivity contribution is -0.790. The van der Waals surface area contributed by atoms with Crippen molar-refractivity contribution in [3.8, 4) is 22.5 Å². The Morgan fingerprint density at radius 3 is 2.40 bits per heavy atom. The molecular weight excluding hydrogens is 700 g/mol. The van der Waals surface area contributed by atoms with E-state index in [1.54, 1.807) is 4.57 Å². The number of ether oxygens (including phenoxy) is 1. The molecule has 3 aromatic heterocycles. The molecule has 0 spiro atoms. The second-order valence-electron chi connectivity index (χ2n) is 12.3. The van der Waals surface area contributed by atoms with Crippen LogP contribution in [0.3, 0.4) is 0 Å². The van der Waals surface area contributed by atoms with Gasteiger partial charge in [-0.1, -0.05) is 55.5 Å². The van der Waals surface area contributed by atoms with Crippen LogP contribution >= 0.6 is 0 Å². The molecule has 0 radical (unpaired) electrons. The fourth-order valence-electron chi connectivity index (χ4n) is 5.65. The number of hydrogen-bond acceptors (Lipinski definition) is 16. The summed E-state index contributed by atoms with van der Waals surface area (Å²) in [6.45, 7) is 3.94. The van der Waals surface area contributed by atoms with Gasteiger partial charge in [0.25, 0.3) is 10.2 Å². The van der Waals surface area contributed by atoms with Crippen molar-refractivity contribution >= 4 is 5.97 Å². The second kappa shape index (κ2) is 16.7. The minimum absolute atomic E-state index is 0.00161. The number of rotatable bonds is 19. The van der Waals surface area contributed by atoms with Gasteiger partial charge >= 0.3 is 11.8 Å². The lowest BCUT2D eigenvalue weighted by atomic mass is 9.98. The summed E-state index contributed by atoms with van der Waals surface area (Å²) >= 11 is 0. The van der Waals surface area contributed by atoms with Gasteiger partial charge in [0.15, 0.2) is 23.8 Å². The number of nitrogens with zero attached hydrogens (tertiary/aromatic N) is 7. The van der Waals surface area contributed by atoms with E-state index < -0.39 is 46.9 Å². The highest BCUT2D eigenvalue weighted by Gasteiger charge is 2.33. The lowest BCUT2D eigenvalue weighted by Crippen LogP contribution is -2.24. The van der Waals surface area contributed by atoms with Crippen LogP contribution in [0.4, 0.5) is 0 Å². The molecule has 0 amide bonds. The fourth-order valence-corrected chi connectivity index (χ4v) is 5.65. The van der Waals surface area contributed by atoms with Crippen molar-refractivity contribution in [2.75, 3.05) is 6.61 Å². The Bertz CT molecular complexity index is 2080. The highest BCUT2D eigenvalue weighted by molar-refractivity contribution is 5.89. The van der Waals surface area contributed by atoms with Crippen LogP contribution in [0, 0.1) is 20.2 Å². The van der Waals surface area contributed by atoms with E-state index in [9.17, 15) is 34.9 Å². The Morgan fingerprint density at radius 2 is 1.75 bits per heavy atom. The highest BCUT2D eigenvalue weighted by atomic mass is 17.0. The molecule has 0 saturated carbocycles. The molecule has 5 aromatic rings. The van der Waals surface area contributed by atoms with Crippen LogP contribution in [0.5, 0.6) is 0 Å². The number of imidazole rings is 1. The number of nitrogens with one attached hydrogen (secondary N) is 1. The summed E-state index contributed by atoms with van der Waals surface area (Å²) < 4.78 is 17.5. The van der Waals surface area contributed by atoms with Crippen LogP contribution in [0.1, 0.15) is 79.1 Å². The molecule has 2 N–H and O–H groups in total. The van der Waals surface area contributed by atoms with E-state index >= 15 is 0 Å². The van der Waals surface area contributed by atoms with Crippen molar-refractivity contribution in [1.82, 2.24) is 30.2 Å². The molecule has 0 aliphatic rings.